The van der Waals surface area contributed by atoms with Crippen LogP contribution in [0.5, 0.6) is 0 Å². The average molecular weight is 175 g/mol. The smallest absolute Gasteiger partial charge is 0.113 e. The summed E-state index contributed by atoms with van der Waals surface area (Å²) in [7, 11) is 0. The molecule has 0 spiro atoms. The van der Waals surface area contributed by atoms with Crippen LogP contribution in [0.2, 0.25) is 0 Å². The SMILES string of the molecule is OC1(c2ccccn2)C2CCCC21. The fourth-order valence-electron chi connectivity index (χ4n) is 2.90. The Morgan fingerprint density at radius 3 is 2.69 bits per heavy atom. The van der Waals surface area contributed by atoms with Crippen molar-refractivity contribution in [3.63, 3.8) is 0 Å². The third-order valence-electron chi connectivity index (χ3n) is 3.61. The number of hydrogen-bond donors (Lipinski definition) is 1. The van der Waals surface area contributed by atoms with Crippen molar-refractivity contribution in [1.29, 1.82) is 0 Å². The minimum atomic E-state index is -0.556. The van der Waals surface area contributed by atoms with Gasteiger partial charge in [-0.05, 0) is 36.8 Å². The first-order valence-electron chi connectivity index (χ1n) is 4.97. The maximum atomic E-state index is 10.3. The summed E-state index contributed by atoms with van der Waals surface area (Å²) in [6, 6.07) is 5.79. The molecule has 1 aromatic rings. The normalized spacial score (nSPS) is 41.6. The van der Waals surface area contributed by atoms with Crippen molar-refractivity contribution in [2.45, 2.75) is 24.9 Å². The molecule has 2 atom stereocenters. The van der Waals surface area contributed by atoms with Crippen LogP contribution in [0.3, 0.4) is 0 Å². The van der Waals surface area contributed by atoms with E-state index in [9.17, 15) is 5.11 Å². The molecule has 0 radical (unpaired) electrons. The van der Waals surface area contributed by atoms with Gasteiger partial charge < -0.3 is 5.11 Å². The molecule has 2 aliphatic rings. The first kappa shape index (κ1) is 7.51. The van der Waals surface area contributed by atoms with E-state index in [1.54, 1.807) is 6.20 Å². The second-order valence-electron chi connectivity index (χ2n) is 4.18. The van der Waals surface area contributed by atoms with E-state index in [4.69, 9.17) is 0 Å². The summed E-state index contributed by atoms with van der Waals surface area (Å²) in [5.74, 6) is 1.00. The molecular formula is C11H13NO. The second kappa shape index (κ2) is 2.32. The van der Waals surface area contributed by atoms with Crippen molar-refractivity contribution in [2.24, 2.45) is 11.8 Å². The number of aliphatic hydroxyl groups is 1. The van der Waals surface area contributed by atoms with E-state index in [2.05, 4.69) is 4.98 Å². The Bertz CT molecular complexity index is 312. The molecule has 1 aromatic heterocycles. The summed E-state index contributed by atoms with van der Waals surface area (Å²) in [5.41, 5.74) is 0.323. The average Bonchev–Trinajstić information content (AvgIpc) is 2.62. The number of aromatic nitrogens is 1. The lowest BCUT2D eigenvalue weighted by Gasteiger charge is -2.12. The maximum Gasteiger partial charge on any atom is 0.113 e. The van der Waals surface area contributed by atoms with Gasteiger partial charge in [-0.25, -0.2) is 0 Å². The monoisotopic (exact) mass is 175 g/mol. The Morgan fingerprint density at radius 1 is 1.31 bits per heavy atom. The molecule has 2 fully saturated rings. The van der Waals surface area contributed by atoms with Crippen molar-refractivity contribution >= 4 is 0 Å². The van der Waals surface area contributed by atoms with Crippen molar-refractivity contribution in [2.75, 3.05) is 0 Å². The molecule has 13 heavy (non-hydrogen) atoms. The van der Waals surface area contributed by atoms with Crippen LogP contribution in [0.25, 0.3) is 0 Å². The number of rotatable bonds is 1. The first-order chi connectivity index (χ1) is 6.33. The molecule has 0 amide bonds. The first-order valence-corrected chi connectivity index (χ1v) is 4.97. The van der Waals surface area contributed by atoms with Gasteiger partial charge in [0.05, 0.1) is 5.69 Å². The lowest BCUT2D eigenvalue weighted by atomic mass is 10.0. The van der Waals surface area contributed by atoms with E-state index in [-0.39, 0.29) is 0 Å². The highest BCUT2D eigenvalue weighted by Gasteiger charge is 2.67. The fraction of sp³-hybridized carbons (Fsp3) is 0.545. The molecule has 0 aliphatic heterocycles. The zero-order chi connectivity index (χ0) is 8.89. The molecule has 2 aliphatic carbocycles. The van der Waals surface area contributed by atoms with Crippen LogP contribution in [-0.4, -0.2) is 10.1 Å². The summed E-state index contributed by atoms with van der Waals surface area (Å²) in [5, 5.41) is 10.3. The van der Waals surface area contributed by atoms with Crippen molar-refractivity contribution in [3.8, 4) is 0 Å². The lowest BCUT2D eigenvalue weighted by Crippen LogP contribution is -2.14. The molecule has 2 unspecified atom stereocenters. The summed E-state index contributed by atoms with van der Waals surface area (Å²) < 4.78 is 0. The van der Waals surface area contributed by atoms with E-state index in [0.717, 1.165) is 5.69 Å². The number of hydrogen-bond acceptors (Lipinski definition) is 2. The summed E-state index contributed by atoms with van der Waals surface area (Å²) in [4.78, 5) is 4.24. The van der Waals surface area contributed by atoms with E-state index < -0.39 is 5.60 Å². The van der Waals surface area contributed by atoms with Crippen LogP contribution >= 0.6 is 0 Å². The highest BCUT2D eigenvalue weighted by atomic mass is 16.3. The Morgan fingerprint density at radius 2 is 2.08 bits per heavy atom. The van der Waals surface area contributed by atoms with Gasteiger partial charge in [0.25, 0.3) is 0 Å². The van der Waals surface area contributed by atoms with Crippen LogP contribution in [-0.2, 0) is 5.60 Å². The Hall–Kier alpha value is -0.890. The van der Waals surface area contributed by atoms with E-state index >= 15 is 0 Å². The number of nitrogens with zero attached hydrogens (tertiary/aromatic N) is 1. The van der Waals surface area contributed by atoms with Crippen LogP contribution in [0.4, 0.5) is 0 Å². The predicted octanol–water partition coefficient (Wildman–Crippen LogP) is 1.70. The van der Waals surface area contributed by atoms with Crippen molar-refractivity contribution < 1.29 is 5.11 Å². The summed E-state index contributed by atoms with van der Waals surface area (Å²) in [6.07, 6.45) is 5.40. The Labute approximate surface area is 77.6 Å². The van der Waals surface area contributed by atoms with Gasteiger partial charge >= 0.3 is 0 Å². The molecule has 68 valence electrons. The highest BCUT2D eigenvalue weighted by Crippen LogP contribution is 2.65. The van der Waals surface area contributed by atoms with Gasteiger partial charge in [0.1, 0.15) is 5.60 Å². The zero-order valence-corrected chi connectivity index (χ0v) is 7.48. The highest BCUT2D eigenvalue weighted by molar-refractivity contribution is 5.28. The minimum Gasteiger partial charge on any atom is -0.383 e. The van der Waals surface area contributed by atoms with Gasteiger partial charge in [0.15, 0.2) is 0 Å². The molecule has 0 saturated heterocycles. The predicted molar refractivity (Wildman–Crippen MR) is 49.0 cm³/mol. The molecule has 3 rings (SSSR count). The fourth-order valence-corrected chi connectivity index (χ4v) is 2.90. The molecule has 0 aromatic carbocycles. The van der Waals surface area contributed by atoms with Crippen molar-refractivity contribution in [3.05, 3.63) is 30.1 Å². The quantitative estimate of drug-likeness (QED) is 0.704. The van der Waals surface area contributed by atoms with Gasteiger partial charge in [-0.3, -0.25) is 4.98 Å². The third kappa shape index (κ3) is 0.841. The minimum absolute atomic E-state index is 0.502. The Kier molecular flexibility index (Phi) is 1.34. The molecule has 1 N–H and O–H groups in total. The third-order valence-corrected chi connectivity index (χ3v) is 3.61. The number of pyridine rings is 1. The van der Waals surface area contributed by atoms with Crippen molar-refractivity contribution in [1.82, 2.24) is 4.98 Å². The van der Waals surface area contributed by atoms with Gasteiger partial charge in [0, 0.05) is 6.20 Å². The topological polar surface area (TPSA) is 33.1 Å². The van der Waals surface area contributed by atoms with Crippen LogP contribution < -0.4 is 0 Å². The standard InChI is InChI=1S/C11H13NO/c13-11(8-4-3-5-9(8)11)10-6-1-2-7-12-10/h1-2,6-9,13H,3-5H2. The van der Waals surface area contributed by atoms with Crippen LogP contribution in [0, 0.1) is 11.8 Å². The Balaban J connectivity index is 1.95. The molecule has 2 nitrogen and oxygen atoms in total. The largest absolute Gasteiger partial charge is 0.383 e. The maximum absolute atomic E-state index is 10.3. The molecule has 1 heterocycles. The zero-order valence-electron chi connectivity index (χ0n) is 7.48. The summed E-state index contributed by atoms with van der Waals surface area (Å²) in [6.45, 7) is 0. The van der Waals surface area contributed by atoms with Gasteiger partial charge in [-0.1, -0.05) is 12.5 Å². The van der Waals surface area contributed by atoms with E-state index in [1.165, 1.54) is 19.3 Å². The molecule has 0 bridgehead atoms. The van der Waals surface area contributed by atoms with E-state index in [0.29, 0.717) is 11.8 Å². The van der Waals surface area contributed by atoms with Gasteiger partial charge in [-0.2, -0.15) is 0 Å². The molecular weight excluding hydrogens is 162 g/mol. The number of fused-ring (bicyclic) bond motifs is 1. The summed E-state index contributed by atoms with van der Waals surface area (Å²) >= 11 is 0. The molecule has 2 saturated carbocycles. The molecule has 2 heteroatoms. The lowest BCUT2D eigenvalue weighted by molar-refractivity contribution is 0.101. The van der Waals surface area contributed by atoms with Gasteiger partial charge in [0.2, 0.25) is 0 Å². The van der Waals surface area contributed by atoms with Crippen LogP contribution in [0.1, 0.15) is 25.0 Å². The van der Waals surface area contributed by atoms with Crippen LogP contribution in [0.15, 0.2) is 24.4 Å². The van der Waals surface area contributed by atoms with Gasteiger partial charge in [-0.15, -0.1) is 0 Å². The van der Waals surface area contributed by atoms with E-state index in [1.807, 2.05) is 18.2 Å². The second-order valence-corrected chi connectivity index (χ2v) is 4.18.